The molecule has 0 aliphatic carbocycles. The van der Waals surface area contributed by atoms with Crippen molar-refractivity contribution in [2.75, 3.05) is 0 Å². The first kappa shape index (κ1) is 8.87. The molecule has 1 atom stereocenters. The molecule has 2 N–H and O–H groups in total. The second-order valence-corrected chi connectivity index (χ2v) is 2.77. The van der Waals surface area contributed by atoms with Crippen LogP contribution in [0.1, 0.15) is 24.2 Å². The van der Waals surface area contributed by atoms with Crippen LogP contribution in [0.15, 0.2) is 18.3 Å². The van der Waals surface area contributed by atoms with Crippen LogP contribution < -0.4 is 5.73 Å². The van der Waals surface area contributed by atoms with Gasteiger partial charge in [-0.3, -0.25) is 9.78 Å². The number of hydrogen-bond acceptors (Lipinski definition) is 3. The van der Waals surface area contributed by atoms with Crippen molar-refractivity contribution in [2.45, 2.75) is 19.9 Å². The van der Waals surface area contributed by atoms with Crippen LogP contribution in [0.2, 0.25) is 0 Å². The smallest absolute Gasteiger partial charge is 0.151 e. The van der Waals surface area contributed by atoms with Crippen molar-refractivity contribution in [3.63, 3.8) is 0 Å². The topological polar surface area (TPSA) is 56.0 Å². The molecule has 0 spiro atoms. The predicted molar refractivity (Wildman–Crippen MR) is 46.6 cm³/mol. The van der Waals surface area contributed by atoms with Gasteiger partial charge in [0.1, 0.15) is 0 Å². The average Bonchev–Trinajstić information content (AvgIpc) is 2.04. The summed E-state index contributed by atoms with van der Waals surface area (Å²) >= 11 is 0. The van der Waals surface area contributed by atoms with Gasteiger partial charge in [0.2, 0.25) is 0 Å². The highest BCUT2D eigenvalue weighted by Gasteiger charge is 2.12. The molecule has 1 heterocycles. The first-order chi connectivity index (χ1) is 5.63. The fraction of sp³-hybridized carbons (Fsp3) is 0.333. The monoisotopic (exact) mass is 164 g/mol. The largest absolute Gasteiger partial charge is 0.318 e. The Hall–Kier alpha value is -1.22. The van der Waals surface area contributed by atoms with Gasteiger partial charge in [-0.2, -0.15) is 0 Å². The fourth-order valence-corrected chi connectivity index (χ4v) is 1.04. The summed E-state index contributed by atoms with van der Waals surface area (Å²) in [4.78, 5) is 15.0. The Balaban J connectivity index is 3.02. The fourth-order valence-electron chi connectivity index (χ4n) is 1.04. The Morgan fingerprint density at radius 2 is 2.33 bits per heavy atom. The van der Waals surface area contributed by atoms with E-state index in [9.17, 15) is 4.79 Å². The molecular formula is C9H12N2O. The van der Waals surface area contributed by atoms with Crippen LogP contribution >= 0.6 is 0 Å². The minimum atomic E-state index is -0.529. The molecule has 0 aliphatic rings. The van der Waals surface area contributed by atoms with Crippen LogP contribution in [-0.2, 0) is 4.79 Å². The SMILES string of the molecule is CC(=O)C(N)c1cccnc1C. The molecule has 0 amide bonds. The molecule has 0 aliphatic heterocycles. The lowest BCUT2D eigenvalue weighted by molar-refractivity contribution is -0.118. The molecule has 0 aromatic carbocycles. The molecule has 1 aromatic heterocycles. The van der Waals surface area contributed by atoms with Gasteiger partial charge in [0, 0.05) is 11.9 Å². The molecule has 3 heteroatoms. The molecule has 3 nitrogen and oxygen atoms in total. The summed E-state index contributed by atoms with van der Waals surface area (Å²) in [5.41, 5.74) is 7.28. The molecule has 64 valence electrons. The number of pyridine rings is 1. The zero-order chi connectivity index (χ0) is 9.14. The van der Waals surface area contributed by atoms with E-state index in [2.05, 4.69) is 4.98 Å². The molecule has 0 saturated carbocycles. The average molecular weight is 164 g/mol. The third-order valence-corrected chi connectivity index (χ3v) is 1.82. The minimum Gasteiger partial charge on any atom is -0.318 e. The van der Waals surface area contributed by atoms with E-state index in [1.165, 1.54) is 6.92 Å². The van der Waals surface area contributed by atoms with Crippen LogP contribution in [0.25, 0.3) is 0 Å². The minimum absolute atomic E-state index is 0.0360. The van der Waals surface area contributed by atoms with Gasteiger partial charge in [0.05, 0.1) is 6.04 Å². The molecular weight excluding hydrogens is 152 g/mol. The Labute approximate surface area is 71.6 Å². The maximum absolute atomic E-state index is 10.9. The van der Waals surface area contributed by atoms with Gasteiger partial charge in [-0.15, -0.1) is 0 Å². The van der Waals surface area contributed by atoms with Gasteiger partial charge < -0.3 is 5.73 Å². The molecule has 0 fully saturated rings. The number of aryl methyl sites for hydroxylation is 1. The lowest BCUT2D eigenvalue weighted by Gasteiger charge is -2.09. The van der Waals surface area contributed by atoms with Gasteiger partial charge in [0.25, 0.3) is 0 Å². The van der Waals surface area contributed by atoms with E-state index in [4.69, 9.17) is 5.73 Å². The Morgan fingerprint density at radius 1 is 1.67 bits per heavy atom. The predicted octanol–water partition coefficient (Wildman–Crippen LogP) is 0.979. The molecule has 1 rings (SSSR count). The first-order valence-corrected chi connectivity index (χ1v) is 3.80. The zero-order valence-electron chi connectivity index (χ0n) is 7.24. The summed E-state index contributed by atoms with van der Waals surface area (Å²) in [6.07, 6.45) is 1.69. The highest BCUT2D eigenvalue weighted by Crippen LogP contribution is 2.13. The number of Topliss-reactive ketones (excluding diaryl/α,β-unsaturated/α-hetero) is 1. The van der Waals surface area contributed by atoms with Crippen molar-refractivity contribution in [3.05, 3.63) is 29.6 Å². The third kappa shape index (κ3) is 1.68. The summed E-state index contributed by atoms with van der Waals surface area (Å²) < 4.78 is 0. The number of rotatable bonds is 2. The highest BCUT2D eigenvalue weighted by atomic mass is 16.1. The second kappa shape index (κ2) is 3.45. The van der Waals surface area contributed by atoms with E-state index in [1.807, 2.05) is 13.0 Å². The molecule has 0 radical (unpaired) electrons. The number of carbonyl (C=O) groups excluding carboxylic acids is 1. The summed E-state index contributed by atoms with van der Waals surface area (Å²) in [5.74, 6) is -0.0360. The molecule has 1 aromatic rings. The lowest BCUT2D eigenvalue weighted by Crippen LogP contribution is -2.19. The normalized spacial score (nSPS) is 12.6. The standard InChI is InChI=1S/C9H12N2O/c1-6-8(4-3-5-11-6)9(10)7(2)12/h3-5,9H,10H2,1-2H3. The number of aromatic nitrogens is 1. The van der Waals surface area contributed by atoms with Gasteiger partial charge in [-0.1, -0.05) is 6.07 Å². The lowest BCUT2D eigenvalue weighted by atomic mass is 10.0. The van der Waals surface area contributed by atoms with Crippen LogP contribution in [-0.4, -0.2) is 10.8 Å². The van der Waals surface area contributed by atoms with E-state index in [0.29, 0.717) is 0 Å². The number of nitrogens with zero attached hydrogens (tertiary/aromatic N) is 1. The van der Waals surface area contributed by atoms with Crippen LogP contribution in [0, 0.1) is 6.92 Å². The summed E-state index contributed by atoms with van der Waals surface area (Å²) in [7, 11) is 0. The summed E-state index contributed by atoms with van der Waals surface area (Å²) in [5, 5.41) is 0. The van der Waals surface area contributed by atoms with Crippen molar-refractivity contribution >= 4 is 5.78 Å². The summed E-state index contributed by atoms with van der Waals surface area (Å²) in [6.45, 7) is 3.33. The summed E-state index contributed by atoms with van der Waals surface area (Å²) in [6, 6.07) is 3.08. The molecule has 0 saturated heterocycles. The van der Waals surface area contributed by atoms with Crippen LogP contribution in [0.3, 0.4) is 0 Å². The van der Waals surface area contributed by atoms with Crippen LogP contribution in [0.4, 0.5) is 0 Å². The van der Waals surface area contributed by atoms with Gasteiger partial charge in [-0.25, -0.2) is 0 Å². The maximum Gasteiger partial charge on any atom is 0.151 e. The molecule has 1 unspecified atom stereocenters. The third-order valence-electron chi connectivity index (χ3n) is 1.82. The number of ketones is 1. The van der Waals surface area contributed by atoms with Gasteiger partial charge in [-0.05, 0) is 25.5 Å². The van der Waals surface area contributed by atoms with Crippen molar-refractivity contribution in [3.8, 4) is 0 Å². The van der Waals surface area contributed by atoms with E-state index in [-0.39, 0.29) is 5.78 Å². The van der Waals surface area contributed by atoms with Gasteiger partial charge >= 0.3 is 0 Å². The van der Waals surface area contributed by atoms with Crippen molar-refractivity contribution < 1.29 is 4.79 Å². The highest BCUT2D eigenvalue weighted by molar-refractivity contribution is 5.82. The number of nitrogens with two attached hydrogens (primary N) is 1. The van der Waals surface area contributed by atoms with Crippen molar-refractivity contribution in [2.24, 2.45) is 5.73 Å². The van der Waals surface area contributed by atoms with E-state index in [1.54, 1.807) is 12.3 Å². The maximum atomic E-state index is 10.9. The van der Waals surface area contributed by atoms with Crippen molar-refractivity contribution in [1.82, 2.24) is 4.98 Å². The molecule has 0 bridgehead atoms. The van der Waals surface area contributed by atoms with Crippen LogP contribution in [0.5, 0.6) is 0 Å². The second-order valence-electron chi connectivity index (χ2n) is 2.77. The van der Waals surface area contributed by atoms with E-state index in [0.717, 1.165) is 11.3 Å². The Morgan fingerprint density at radius 3 is 2.83 bits per heavy atom. The van der Waals surface area contributed by atoms with E-state index < -0.39 is 6.04 Å². The van der Waals surface area contributed by atoms with E-state index >= 15 is 0 Å². The Kier molecular flexibility index (Phi) is 2.55. The Bertz CT molecular complexity index is 296. The van der Waals surface area contributed by atoms with Gasteiger partial charge in [0.15, 0.2) is 5.78 Å². The number of hydrogen-bond donors (Lipinski definition) is 1. The molecule has 12 heavy (non-hydrogen) atoms. The zero-order valence-corrected chi connectivity index (χ0v) is 7.24. The first-order valence-electron chi connectivity index (χ1n) is 3.80. The quantitative estimate of drug-likeness (QED) is 0.708. The number of carbonyl (C=O) groups is 1. The van der Waals surface area contributed by atoms with Crippen molar-refractivity contribution in [1.29, 1.82) is 0 Å².